The fourth-order valence-corrected chi connectivity index (χ4v) is 5.90. The average molecular weight is 459 g/mol. The van der Waals surface area contributed by atoms with Gasteiger partial charge in [0.25, 0.3) is 0 Å². The second-order valence-electron chi connectivity index (χ2n) is 9.46. The van der Waals surface area contributed by atoms with Crippen molar-refractivity contribution in [3.63, 3.8) is 0 Å². The first-order valence-electron chi connectivity index (χ1n) is 12.4. The second kappa shape index (κ2) is 7.34. The van der Waals surface area contributed by atoms with E-state index in [0.717, 1.165) is 0 Å². The Morgan fingerprint density at radius 1 is 0.417 bits per heavy atom. The van der Waals surface area contributed by atoms with Crippen molar-refractivity contribution in [2.75, 3.05) is 0 Å². The van der Waals surface area contributed by atoms with E-state index in [1.165, 1.54) is 65.6 Å². The third-order valence-corrected chi connectivity index (χ3v) is 7.51. The highest BCUT2D eigenvalue weighted by Gasteiger charge is 2.17. The van der Waals surface area contributed by atoms with Crippen molar-refractivity contribution in [1.82, 2.24) is 9.13 Å². The summed E-state index contributed by atoms with van der Waals surface area (Å²) in [6, 6.07) is 46.1. The van der Waals surface area contributed by atoms with Crippen molar-refractivity contribution in [3.8, 4) is 11.4 Å². The maximum Gasteiger partial charge on any atom is 0.0628 e. The average Bonchev–Trinajstić information content (AvgIpc) is 3.52. The number of hydrogen-bond donors (Lipinski definition) is 0. The SMILES string of the molecule is c1ccc(-n2ccc3ccc4c(c5ccccc5n4-c4ccc5c(ccc6ccccc65)c4)c32)cc1. The van der Waals surface area contributed by atoms with Crippen LogP contribution in [0.2, 0.25) is 0 Å². The van der Waals surface area contributed by atoms with Crippen molar-refractivity contribution in [3.05, 3.63) is 134 Å². The van der Waals surface area contributed by atoms with Gasteiger partial charge in [-0.05, 0) is 64.0 Å². The molecule has 0 aliphatic heterocycles. The molecule has 8 aromatic rings. The molecule has 0 atom stereocenters. The zero-order chi connectivity index (χ0) is 23.6. The molecule has 8 rings (SSSR count). The highest BCUT2D eigenvalue weighted by molar-refractivity contribution is 6.21. The summed E-state index contributed by atoms with van der Waals surface area (Å²) < 4.78 is 4.74. The number of benzene rings is 6. The minimum atomic E-state index is 1.18. The standard InChI is InChI=1S/C34H22N2/c1-2-9-26(10-3-1)35-21-20-24-16-19-32-33(34(24)35)30-12-6-7-13-31(30)36(32)27-17-18-29-25(22-27)15-14-23-8-4-5-11-28(23)29/h1-22H. The predicted molar refractivity (Wildman–Crippen MR) is 153 cm³/mol. The molecule has 2 heterocycles. The van der Waals surface area contributed by atoms with Gasteiger partial charge in [0, 0.05) is 33.7 Å². The van der Waals surface area contributed by atoms with Gasteiger partial charge in [-0.15, -0.1) is 0 Å². The van der Waals surface area contributed by atoms with E-state index in [1.54, 1.807) is 0 Å². The molecule has 6 aromatic carbocycles. The Kier molecular flexibility index (Phi) is 3.97. The molecular formula is C34H22N2. The first-order valence-corrected chi connectivity index (χ1v) is 12.4. The van der Waals surface area contributed by atoms with Crippen molar-refractivity contribution < 1.29 is 0 Å². The number of fused-ring (bicyclic) bond motifs is 8. The largest absolute Gasteiger partial charge is 0.316 e. The number of aromatic nitrogens is 2. The lowest BCUT2D eigenvalue weighted by Gasteiger charge is -2.11. The van der Waals surface area contributed by atoms with Crippen LogP contribution in [0.4, 0.5) is 0 Å². The number of rotatable bonds is 2. The van der Waals surface area contributed by atoms with E-state index in [9.17, 15) is 0 Å². The van der Waals surface area contributed by atoms with Crippen LogP contribution in [-0.4, -0.2) is 9.13 Å². The van der Waals surface area contributed by atoms with E-state index < -0.39 is 0 Å². The Labute approximate surface area is 208 Å². The minimum Gasteiger partial charge on any atom is -0.316 e. The molecule has 0 spiro atoms. The van der Waals surface area contributed by atoms with E-state index in [0.29, 0.717) is 0 Å². The van der Waals surface area contributed by atoms with Crippen molar-refractivity contribution in [2.45, 2.75) is 0 Å². The third-order valence-electron chi connectivity index (χ3n) is 7.51. The van der Waals surface area contributed by atoms with Crippen LogP contribution in [0, 0.1) is 0 Å². The molecule has 0 saturated heterocycles. The molecule has 0 radical (unpaired) electrons. The van der Waals surface area contributed by atoms with E-state index in [2.05, 4.69) is 143 Å². The van der Waals surface area contributed by atoms with Gasteiger partial charge < -0.3 is 9.13 Å². The Balaban J connectivity index is 1.48. The molecule has 2 heteroatoms. The first kappa shape index (κ1) is 19.5. The van der Waals surface area contributed by atoms with E-state index in [1.807, 2.05) is 0 Å². The maximum absolute atomic E-state index is 2.42. The molecule has 36 heavy (non-hydrogen) atoms. The highest BCUT2D eigenvalue weighted by atomic mass is 15.0. The second-order valence-corrected chi connectivity index (χ2v) is 9.46. The zero-order valence-corrected chi connectivity index (χ0v) is 19.6. The van der Waals surface area contributed by atoms with Crippen molar-refractivity contribution in [1.29, 1.82) is 0 Å². The lowest BCUT2D eigenvalue weighted by Crippen LogP contribution is -1.95. The summed E-state index contributed by atoms with van der Waals surface area (Å²) in [5.41, 5.74) is 6.05. The van der Waals surface area contributed by atoms with Gasteiger partial charge in [0.05, 0.1) is 16.6 Å². The summed E-state index contributed by atoms with van der Waals surface area (Å²) >= 11 is 0. The lowest BCUT2D eigenvalue weighted by atomic mass is 10.0. The number of nitrogens with zero attached hydrogens (tertiary/aromatic N) is 2. The normalized spacial score (nSPS) is 11.9. The van der Waals surface area contributed by atoms with Crippen molar-refractivity contribution in [2.24, 2.45) is 0 Å². The summed E-state index contributed by atoms with van der Waals surface area (Å²) in [4.78, 5) is 0. The molecular weight excluding hydrogens is 436 g/mol. The maximum atomic E-state index is 2.42. The van der Waals surface area contributed by atoms with Crippen LogP contribution in [-0.2, 0) is 0 Å². The van der Waals surface area contributed by atoms with E-state index >= 15 is 0 Å². The van der Waals surface area contributed by atoms with Gasteiger partial charge in [-0.3, -0.25) is 0 Å². The molecule has 0 amide bonds. The molecule has 0 saturated carbocycles. The molecule has 0 aliphatic rings. The van der Waals surface area contributed by atoms with E-state index in [-0.39, 0.29) is 0 Å². The molecule has 0 N–H and O–H groups in total. The van der Waals surface area contributed by atoms with Gasteiger partial charge in [0.1, 0.15) is 0 Å². The molecule has 168 valence electrons. The van der Waals surface area contributed by atoms with Crippen LogP contribution < -0.4 is 0 Å². The van der Waals surface area contributed by atoms with Crippen LogP contribution in [0.1, 0.15) is 0 Å². The van der Waals surface area contributed by atoms with Crippen LogP contribution in [0.15, 0.2) is 134 Å². The molecule has 0 unspecified atom stereocenters. The predicted octanol–water partition coefficient (Wildman–Crippen LogP) is 9.03. The monoisotopic (exact) mass is 458 g/mol. The summed E-state index contributed by atoms with van der Waals surface area (Å²) in [6.07, 6.45) is 2.19. The van der Waals surface area contributed by atoms with Crippen LogP contribution >= 0.6 is 0 Å². The Morgan fingerprint density at radius 3 is 2.06 bits per heavy atom. The van der Waals surface area contributed by atoms with Crippen LogP contribution in [0.5, 0.6) is 0 Å². The Hall–Kier alpha value is -4.82. The van der Waals surface area contributed by atoms with Gasteiger partial charge in [-0.25, -0.2) is 0 Å². The fourth-order valence-electron chi connectivity index (χ4n) is 5.90. The van der Waals surface area contributed by atoms with Gasteiger partial charge in [-0.1, -0.05) is 84.9 Å². The van der Waals surface area contributed by atoms with Gasteiger partial charge in [-0.2, -0.15) is 0 Å². The number of hydrogen-bond acceptors (Lipinski definition) is 0. The minimum absolute atomic E-state index is 1.18. The molecule has 0 aliphatic carbocycles. The van der Waals surface area contributed by atoms with Crippen LogP contribution in [0.25, 0.3) is 65.6 Å². The first-order chi connectivity index (χ1) is 17.9. The Bertz CT molecular complexity index is 2090. The molecule has 2 nitrogen and oxygen atoms in total. The summed E-state index contributed by atoms with van der Waals surface area (Å²) in [7, 11) is 0. The molecule has 2 aromatic heterocycles. The van der Waals surface area contributed by atoms with E-state index in [4.69, 9.17) is 0 Å². The summed E-state index contributed by atoms with van der Waals surface area (Å²) in [5.74, 6) is 0. The zero-order valence-electron chi connectivity index (χ0n) is 19.6. The quantitative estimate of drug-likeness (QED) is 0.229. The van der Waals surface area contributed by atoms with Crippen molar-refractivity contribution >= 4 is 54.3 Å². The fraction of sp³-hybridized carbons (Fsp3) is 0. The van der Waals surface area contributed by atoms with Gasteiger partial charge >= 0.3 is 0 Å². The van der Waals surface area contributed by atoms with Crippen LogP contribution in [0.3, 0.4) is 0 Å². The number of para-hydroxylation sites is 2. The lowest BCUT2D eigenvalue weighted by molar-refractivity contribution is 1.13. The van der Waals surface area contributed by atoms with Gasteiger partial charge in [0.2, 0.25) is 0 Å². The summed E-state index contributed by atoms with van der Waals surface area (Å²) in [5, 5.41) is 8.93. The molecule has 0 fully saturated rings. The molecule has 0 bridgehead atoms. The summed E-state index contributed by atoms with van der Waals surface area (Å²) in [6.45, 7) is 0. The Morgan fingerprint density at radius 2 is 1.14 bits per heavy atom. The smallest absolute Gasteiger partial charge is 0.0628 e. The van der Waals surface area contributed by atoms with Gasteiger partial charge in [0.15, 0.2) is 0 Å². The topological polar surface area (TPSA) is 9.86 Å². The third kappa shape index (κ3) is 2.67. The highest BCUT2D eigenvalue weighted by Crippen LogP contribution is 2.39.